The molecule has 0 unspecified atom stereocenters. The van der Waals surface area contributed by atoms with Crippen molar-refractivity contribution in [3.05, 3.63) is 0 Å². The van der Waals surface area contributed by atoms with Crippen molar-refractivity contribution in [3.8, 4) is 0 Å². The molecule has 0 bridgehead atoms. The highest BCUT2D eigenvalue weighted by Gasteiger charge is 2.31. The zero-order valence-electron chi connectivity index (χ0n) is 11.2. The Morgan fingerprint density at radius 3 is 2.47 bits per heavy atom. The number of nitrogens with one attached hydrogen (secondary N) is 2. The summed E-state index contributed by atoms with van der Waals surface area (Å²) in [6.07, 6.45) is 2.45. The fraction of sp³-hybridized carbons (Fsp3) is 0.917. The van der Waals surface area contributed by atoms with Gasteiger partial charge in [0.05, 0.1) is 6.61 Å². The molecular weight excluding hydrogens is 220 g/mol. The second-order valence-electron chi connectivity index (χ2n) is 5.48. The molecule has 0 saturated heterocycles. The second-order valence-corrected chi connectivity index (χ2v) is 5.48. The molecule has 0 spiro atoms. The summed E-state index contributed by atoms with van der Waals surface area (Å²) in [6, 6.07) is 0.550. The van der Waals surface area contributed by atoms with Crippen molar-refractivity contribution in [1.82, 2.24) is 10.8 Å². The van der Waals surface area contributed by atoms with Crippen LogP contribution in [-0.4, -0.2) is 30.4 Å². The Hall–Kier alpha value is -0.810. The molecule has 1 aliphatic carbocycles. The highest BCUT2D eigenvalue weighted by molar-refractivity contribution is 5.68. The lowest BCUT2D eigenvalue weighted by Gasteiger charge is -2.36. The lowest BCUT2D eigenvalue weighted by Crippen LogP contribution is -2.53. The topological polar surface area (TPSA) is 59.6 Å². The number of rotatable bonds is 5. The van der Waals surface area contributed by atoms with E-state index in [-0.39, 0.29) is 12.1 Å². The summed E-state index contributed by atoms with van der Waals surface area (Å²) < 4.78 is 5.18. The minimum Gasteiger partial charge on any atom is -0.444 e. The molecule has 100 valence electrons. The molecule has 0 radical (unpaired) electrons. The van der Waals surface area contributed by atoms with Crippen LogP contribution in [0, 0.1) is 0 Å². The largest absolute Gasteiger partial charge is 0.444 e. The zero-order valence-corrected chi connectivity index (χ0v) is 11.2. The van der Waals surface area contributed by atoms with Crippen LogP contribution in [0.25, 0.3) is 0 Å². The van der Waals surface area contributed by atoms with Gasteiger partial charge in [-0.15, -0.1) is 0 Å². The molecule has 1 rings (SSSR count). The molecular formula is C12H24N2O3. The number of ether oxygens (including phenoxy) is 1. The Labute approximate surface area is 103 Å². The maximum atomic E-state index is 11.4. The predicted molar refractivity (Wildman–Crippen MR) is 65.6 cm³/mol. The van der Waals surface area contributed by atoms with E-state index in [0.717, 1.165) is 25.9 Å². The number of alkyl carbamates (subject to hydrolysis) is 1. The van der Waals surface area contributed by atoms with Crippen LogP contribution in [0.5, 0.6) is 0 Å². The number of amides is 1. The number of hydrogen-bond acceptors (Lipinski definition) is 4. The molecule has 0 aromatic heterocycles. The number of carbonyl (C=O) groups excluding carboxylic acids is 1. The Morgan fingerprint density at radius 2 is 1.94 bits per heavy atom. The minimum atomic E-state index is -0.435. The highest BCUT2D eigenvalue weighted by Crippen LogP contribution is 2.20. The molecule has 5 nitrogen and oxygen atoms in total. The van der Waals surface area contributed by atoms with Crippen LogP contribution in [0.15, 0.2) is 0 Å². The van der Waals surface area contributed by atoms with Crippen LogP contribution in [0.3, 0.4) is 0 Å². The van der Waals surface area contributed by atoms with E-state index in [0.29, 0.717) is 6.04 Å². The van der Waals surface area contributed by atoms with Crippen molar-refractivity contribution in [2.24, 2.45) is 0 Å². The third-order valence-corrected chi connectivity index (χ3v) is 2.42. The molecule has 2 N–H and O–H groups in total. The number of hydrogen-bond donors (Lipinski definition) is 2. The van der Waals surface area contributed by atoms with E-state index in [2.05, 4.69) is 17.7 Å². The van der Waals surface area contributed by atoms with Gasteiger partial charge in [0.2, 0.25) is 0 Å². The normalized spacial score (nSPS) is 24.0. The summed E-state index contributed by atoms with van der Waals surface area (Å²) in [5, 5.41) is 2.84. The van der Waals surface area contributed by atoms with E-state index in [1.807, 2.05) is 20.8 Å². The molecule has 0 aliphatic heterocycles. The van der Waals surface area contributed by atoms with E-state index in [4.69, 9.17) is 9.57 Å². The van der Waals surface area contributed by atoms with Crippen LogP contribution in [0.1, 0.15) is 47.0 Å². The summed E-state index contributed by atoms with van der Waals surface area (Å²) in [7, 11) is 0. The number of hydroxylamine groups is 1. The van der Waals surface area contributed by atoms with Crippen molar-refractivity contribution in [3.63, 3.8) is 0 Å². The van der Waals surface area contributed by atoms with Crippen molar-refractivity contribution < 1.29 is 14.4 Å². The average molecular weight is 244 g/mol. The van der Waals surface area contributed by atoms with Gasteiger partial charge in [-0.1, -0.05) is 6.92 Å². The summed E-state index contributed by atoms with van der Waals surface area (Å²) in [5.74, 6) is 0. The molecule has 0 heterocycles. The van der Waals surface area contributed by atoms with E-state index >= 15 is 0 Å². The molecule has 17 heavy (non-hydrogen) atoms. The summed E-state index contributed by atoms with van der Waals surface area (Å²) in [4.78, 5) is 16.7. The summed E-state index contributed by atoms with van der Waals surface area (Å²) in [6.45, 7) is 8.36. The lowest BCUT2D eigenvalue weighted by molar-refractivity contribution is -0.0135. The lowest BCUT2D eigenvalue weighted by atomic mass is 9.87. The first-order valence-corrected chi connectivity index (χ1v) is 6.27. The fourth-order valence-electron chi connectivity index (χ4n) is 1.58. The van der Waals surface area contributed by atoms with Gasteiger partial charge in [-0.25, -0.2) is 4.79 Å². The van der Waals surface area contributed by atoms with E-state index < -0.39 is 5.60 Å². The van der Waals surface area contributed by atoms with Gasteiger partial charge in [0.15, 0.2) is 0 Å². The Kier molecular flexibility index (Phi) is 5.21. The summed E-state index contributed by atoms with van der Waals surface area (Å²) in [5.41, 5.74) is 2.54. The molecule has 1 aliphatic rings. The van der Waals surface area contributed by atoms with Gasteiger partial charge in [-0.2, -0.15) is 5.48 Å². The van der Waals surface area contributed by atoms with Gasteiger partial charge in [-0.05, 0) is 40.0 Å². The van der Waals surface area contributed by atoms with Gasteiger partial charge in [0.25, 0.3) is 0 Å². The first-order chi connectivity index (χ1) is 7.90. The standard InChI is InChI=1S/C12H24N2O3/c1-5-6-16-14-10-7-9(8-10)13-11(15)17-12(2,3)4/h9-10,14H,5-8H2,1-4H3,(H,13,15). The summed E-state index contributed by atoms with van der Waals surface area (Å²) >= 11 is 0. The van der Waals surface area contributed by atoms with Gasteiger partial charge in [0.1, 0.15) is 5.60 Å². The van der Waals surface area contributed by atoms with Crippen LogP contribution in [-0.2, 0) is 9.57 Å². The Balaban J connectivity index is 2.07. The first-order valence-electron chi connectivity index (χ1n) is 6.27. The van der Waals surface area contributed by atoms with Crippen molar-refractivity contribution in [1.29, 1.82) is 0 Å². The van der Waals surface area contributed by atoms with Crippen LogP contribution < -0.4 is 10.8 Å². The van der Waals surface area contributed by atoms with Crippen LogP contribution in [0.4, 0.5) is 4.79 Å². The quantitative estimate of drug-likeness (QED) is 0.573. The molecule has 1 amide bonds. The third-order valence-electron chi connectivity index (χ3n) is 2.42. The van der Waals surface area contributed by atoms with Crippen molar-refractivity contribution in [2.45, 2.75) is 64.6 Å². The predicted octanol–water partition coefficient (Wildman–Crippen LogP) is 1.97. The maximum absolute atomic E-state index is 11.4. The van der Waals surface area contributed by atoms with Gasteiger partial charge >= 0.3 is 6.09 Å². The zero-order chi connectivity index (χ0) is 12.9. The molecule has 0 aromatic rings. The fourth-order valence-corrected chi connectivity index (χ4v) is 1.58. The van der Waals surface area contributed by atoms with Gasteiger partial charge < -0.3 is 14.9 Å². The number of carbonyl (C=O) groups is 1. The van der Waals surface area contributed by atoms with Crippen molar-refractivity contribution in [2.75, 3.05) is 6.61 Å². The monoisotopic (exact) mass is 244 g/mol. The first kappa shape index (κ1) is 14.3. The SMILES string of the molecule is CCCONC1CC(NC(=O)OC(C)(C)C)C1. The van der Waals surface area contributed by atoms with E-state index in [9.17, 15) is 4.79 Å². The van der Waals surface area contributed by atoms with Crippen LogP contribution >= 0.6 is 0 Å². The Morgan fingerprint density at radius 1 is 1.29 bits per heavy atom. The molecule has 5 heteroatoms. The Bertz CT molecular complexity index is 245. The van der Waals surface area contributed by atoms with E-state index in [1.54, 1.807) is 0 Å². The molecule has 1 fully saturated rings. The minimum absolute atomic E-state index is 0.201. The van der Waals surface area contributed by atoms with Crippen molar-refractivity contribution >= 4 is 6.09 Å². The van der Waals surface area contributed by atoms with Crippen LogP contribution in [0.2, 0.25) is 0 Å². The maximum Gasteiger partial charge on any atom is 0.407 e. The van der Waals surface area contributed by atoms with Gasteiger partial charge in [0, 0.05) is 12.1 Å². The second kappa shape index (κ2) is 6.21. The molecule has 0 aromatic carbocycles. The van der Waals surface area contributed by atoms with Gasteiger partial charge in [-0.3, -0.25) is 0 Å². The smallest absolute Gasteiger partial charge is 0.407 e. The average Bonchev–Trinajstić information content (AvgIpc) is 2.10. The third kappa shape index (κ3) is 5.89. The molecule has 1 saturated carbocycles. The van der Waals surface area contributed by atoms with E-state index in [1.165, 1.54) is 0 Å². The highest BCUT2D eigenvalue weighted by atomic mass is 16.6. The molecule has 0 atom stereocenters.